The predicted octanol–water partition coefficient (Wildman–Crippen LogP) is 4.64. The first-order valence-corrected chi connectivity index (χ1v) is 10.5. The van der Waals surface area contributed by atoms with Crippen LogP contribution in [0.3, 0.4) is 0 Å². The molecule has 2 amide bonds. The number of benzene rings is 3. The highest BCUT2D eigenvalue weighted by molar-refractivity contribution is 5.97. The highest BCUT2D eigenvalue weighted by Gasteiger charge is 2.39. The number of ether oxygens (including phenoxy) is 1. The minimum Gasteiger partial charge on any atom is -0.477 e. The quantitative estimate of drug-likeness (QED) is 0.453. The van der Waals surface area contributed by atoms with Crippen LogP contribution in [0.25, 0.3) is 11.1 Å². The number of rotatable bonds is 7. The summed E-state index contributed by atoms with van der Waals surface area (Å²) in [6, 6.07) is 18.5. The van der Waals surface area contributed by atoms with E-state index in [0.29, 0.717) is 0 Å². The van der Waals surface area contributed by atoms with Crippen molar-refractivity contribution in [2.24, 2.45) is 0 Å². The van der Waals surface area contributed by atoms with Crippen molar-refractivity contribution < 1.29 is 37.4 Å². The molecule has 0 atom stereocenters. The van der Waals surface area contributed by atoms with E-state index in [1.54, 1.807) is 5.32 Å². The Morgan fingerprint density at radius 2 is 1.54 bits per heavy atom. The third kappa shape index (κ3) is 4.96. The van der Waals surface area contributed by atoms with Crippen LogP contribution in [0.5, 0.6) is 0 Å². The molecule has 7 nitrogen and oxygen atoms in total. The molecule has 0 radical (unpaired) electrons. The number of amides is 2. The summed E-state index contributed by atoms with van der Waals surface area (Å²) in [7, 11) is 0. The lowest BCUT2D eigenvalue weighted by atomic mass is 9.98. The maximum atomic E-state index is 14.1. The highest BCUT2D eigenvalue weighted by Crippen LogP contribution is 2.44. The van der Waals surface area contributed by atoms with Crippen molar-refractivity contribution in [3.63, 3.8) is 0 Å². The zero-order chi connectivity index (χ0) is 25.2. The second-order valence-electron chi connectivity index (χ2n) is 7.84. The Kier molecular flexibility index (Phi) is 6.46. The molecule has 4 rings (SSSR count). The third-order valence-corrected chi connectivity index (χ3v) is 5.58. The lowest BCUT2D eigenvalue weighted by Crippen LogP contribution is -2.42. The number of nitrogens with one attached hydrogen (secondary N) is 2. The molecule has 35 heavy (non-hydrogen) atoms. The molecule has 0 aliphatic heterocycles. The van der Waals surface area contributed by atoms with Crippen molar-refractivity contribution in [3.05, 3.63) is 89.2 Å². The molecular weight excluding hydrogens is 465 g/mol. The van der Waals surface area contributed by atoms with Gasteiger partial charge < -0.3 is 15.2 Å². The van der Waals surface area contributed by atoms with E-state index in [4.69, 9.17) is 9.84 Å². The smallest absolute Gasteiger partial charge is 0.411 e. The van der Waals surface area contributed by atoms with E-state index in [2.05, 4.69) is 5.32 Å². The third-order valence-electron chi connectivity index (χ3n) is 5.58. The van der Waals surface area contributed by atoms with Gasteiger partial charge in [0.2, 0.25) is 0 Å². The zero-order valence-corrected chi connectivity index (χ0v) is 18.1. The number of carboxylic acid groups (broad SMARTS) is 1. The number of hydrogen-bond acceptors (Lipinski definition) is 4. The summed E-state index contributed by atoms with van der Waals surface area (Å²) in [5.41, 5.74) is 3.47. The predicted molar refractivity (Wildman–Crippen MR) is 120 cm³/mol. The standard InChI is InChI=1S/C25H19F3N2O5/c26-21-10-9-14(11-19(21)22(31)29-13-25(27,28)23(32)33)30-24(34)35-12-20-17-7-3-1-5-15(17)16-6-2-4-8-18(16)20/h1-11,20H,12-13H2,(H,29,31)(H,30,34)(H,32,33). The van der Waals surface area contributed by atoms with Gasteiger partial charge in [0.1, 0.15) is 12.4 Å². The monoisotopic (exact) mass is 484 g/mol. The van der Waals surface area contributed by atoms with Crippen LogP contribution in [0.15, 0.2) is 66.7 Å². The number of aliphatic carboxylic acids is 1. The lowest BCUT2D eigenvalue weighted by Gasteiger charge is -2.15. The molecular formula is C25H19F3N2O5. The summed E-state index contributed by atoms with van der Waals surface area (Å²) in [5.74, 6) is -9.13. The summed E-state index contributed by atoms with van der Waals surface area (Å²) < 4.78 is 45.8. The van der Waals surface area contributed by atoms with E-state index >= 15 is 0 Å². The number of halogens is 3. The van der Waals surface area contributed by atoms with Crippen molar-refractivity contribution in [1.82, 2.24) is 5.32 Å². The van der Waals surface area contributed by atoms with Gasteiger partial charge in [0.05, 0.1) is 12.1 Å². The van der Waals surface area contributed by atoms with Gasteiger partial charge in [-0.2, -0.15) is 8.78 Å². The molecule has 0 heterocycles. The second-order valence-corrected chi connectivity index (χ2v) is 7.84. The molecule has 0 unspecified atom stereocenters. The largest absolute Gasteiger partial charge is 0.477 e. The summed E-state index contributed by atoms with van der Waals surface area (Å²) in [6.45, 7) is -1.50. The molecule has 0 bridgehead atoms. The van der Waals surface area contributed by atoms with Gasteiger partial charge >= 0.3 is 18.0 Å². The molecule has 0 saturated carbocycles. The van der Waals surface area contributed by atoms with Gasteiger partial charge in [-0.05, 0) is 40.5 Å². The molecule has 0 spiro atoms. The Bertz CT molecular complexity index is 1270. The number of carbonyl (C=O) groups is 3. The molecule has 3 aromatic carbocycles. The van der Waals surface area contributed by atoms with E-state index < -0.39 is 41.8 Å². The maximum absolute atomic E-state index is 14.1. The first-order chi connectivity index (χ1) is 16.7. The fraction of sp³-hybridized carbons (Fsp3) is 0.160. The van der Waals surface area contributed by atoms with Gasteiger partial charge in [-0.25, -0.2) is 14.0 Å². The number of anilines is 1. The van der Waals surface area contributed by atoms with Crippen LogP contribution in [0.2, 0.25) is 0 Å². The van der Waals surface area contributed by atoms with Crippen LogP contribution in [0.1, 0.15) is 27.4 Å². The summed E-state index contributed by atoms with van der Waals surface area (Å²) in [5, 5.41) is 12.5. The van der Waals surface area contributed by atoms with Gasteiger partial charge in [0.25, 0.3) is 5.91 Å². The number of fused-ring (bicyclic) bond motifs is 3. The van der Waals surface area contributed by atoms with E-state index in [-0.39, 0.29) is 18.2 Å². The van der Waals surface area contributed by atoms with Gasteiger partial charge in [-0.1, -0.05) is 48.5 Å². The second kappa shape index (κ2) is 9.49. The Hall–Kier alpha value is -4.34. The number of alkyl halides is 2. The van der Waals surface area contributed by atoms with Crippen molar-refractivity contribution in [3.8, 4) is 11.1 Å². The Labute approximate surface area is 197 Å². The summed E-state index contributed by atoms with van der Waals surface area (Å²) in [6.07, 6.45) is -0.859. The van der Waals surface area contributed by atoms with Crippen molar-refractivity contribution in [2.45, 2.75) is 11.8 Å². The van der Waals surface area contributed by atoms with Crippen molar-refractivity contribution in [2.75, 3.05) is 18.5 Å². The van der Waals surface area contributed by atoms with Crippen LogP contribution in [-0.2, 0) is 9.53 Å². The molecule has 0 aromatic heterocycles. The Morgan fingerprint density at radius 1 is 0.943 bits per heavy atom. The first-order valence-electron chi connectivity index (χ1n) is 10.5. The summed E-state index contributed by atoms with van der Waals surface area (Å²) >= 11 is 0. The van der Waals surface area contributed by atoms with Crippen LogP contribution < -0.4 is 10.6 Å². The average Bonchev–Trinajstić information content (AvgIpc) is 3.16. The minimum absolute atomic E-state index is 0.0150. The van der Waals surface area contributed by atoms with Crippen LogP contribution in [0, 0.1) is 5.82 Å². The molecule has 0 saturated heterocycles. The van der Waals surface area contributed by atoms with Gasteiger partial charge in [-0.3, -0.25) is 10.1 Å². The van der Waals surface area contributed by atoms with Gasteiger partial charge in [-0.15, -0.1) is 0 Å². The molecule has 1 aliphatic rings. The van der Waals surface area contributed by atoms with Gasteiger partial charge in [0.15, 0.2) is 0 Å². The van der Waals surface area contributed by atoms with E-state index in [0.717, 1.165) is 34.4 Å². The average molecular weight is 484 g/mol. The maximum Gasteiger partial charge on any atom is 0.411 e. The fourth-order valence-electron chi connectivity index (χ4n) is 3.89. The Balaban J connectivity index is 1.41. The lowest BCUT2D eigenvalue weighted by molar-refractivity contribution is -0.163. The molecule has 10 heteroatoms. The van der Waals surface area contributed by atoms with Crippen molar-refractivity contribution >= 4 is 23.7 Å². The molecule has 1 aliphatic carbocycles. The summed E-state index contributed by atoms with van der Waals surface area (Å²) in [4.78, 5) is 35.0. The van der Waals surface area contributed by atoms with Crippen LogP contribution >= 0.6 is 0 Å². The molecule has 3 aromatic rings. The number of hydrogen-bond donors (Lipinski definition) is 3. The Morgan fingerprint density at radius 3 is 2.14 bits per heavy atom. The van der Waals surface area contributed by atoms with E-state index in [9.17, 15) is 27.6 Å². The number of carboxylic acids is 1. The van der Waals surface area contributed by atoms with E-state index in [1.165, 1.54) is 6.07 Å². The molecule has 0 fully saturated rings. The zero-order valence-electron chi connectivity index (χ0n) is 18.1. The van der Waals surface area contributed by atoms with Crippen LogP contribution in [0.4, 0.5) is 23.7 Å². The first kappa shape index (κ1) is 23.8. The van der Waals surface area contributed by atoms with E-state index in [1.807, 2.05) is 48.5 Å². The number of carbonyl (C=O) groups excluding carboxylic acids is 2. The minimum atomic E-state index is -4.22. The SMILES string of the molecule is O=C(Nc1ccc(F)c(C(=O)NCC(F)(F)C(=O)O)c1)OCC1c2ccccc2-c2ccccc21. The topological polar surface area (TPSA) is 105 Å². The molecule has 180 valence electrons. The van der Waals surface area contributed by atoms with Crippen molar-refractivity contribution in [1.29, 1.82) is 0 Å². The van der Waals surface area contributed by atoms with Gasteiger partial charge in [0, 0.05) is 11.6 Å². The fourth-order valence-corrected chi connectivity index (χ4v) is 3.89. The van der Waals surface area contributed by atoms with Crippen LogP contribution in [-0.4, -0.2) is 42.2 Å². The molecule has 3 N–H and O–H groups in total. The highest BCUT2D eigenvalue weighted by atomic mass is 19.3. The normalized spacial score (nSPS) is 12.4.